The number of carbonyl (C=O) groups is 1. The third kappa shape index (κ3) is 3.54. The lowest BCUT2D eigenvalue weighted by Crippen LogP contribution is -2.13. The van der Waals surface area contributed by atoms with Crippen molar-refractivity contribution < 1.29 is 18.8 Å². The lowest BCUT2D eigenvalue weighted by atomic mass is 10.1. The van der Waals surface area contributed by atoms with E-state index in [4.69, 9.17) is 14.0 Å². The number of methoxy groups -OCH3 is 2. The fraction of sp³-hybridized carbons (Fsp3) is 0.190. The fourth-order valence-corrected chi connectivity index (χ4v) is 3.91. The number of thiophene rings is 1. The van der Waals surface area contributed by atoms with E-state index in [1.807, 2.05) is 19.1 Å². The average Bonchev–Trinajstić information content (AvgIpc) is 3.33. The largest absolute Gasteiger partial charge is 0.493 e. The summed E-state index contributed by atoms with van der Waals surface area (Å²) in [6.45, 7) is 3.81. The van der Waals surface area contributed by atoms with Gasteiger partial charge in [0.05, 0.1) is 41.4 Å². The number of amides is 1. The third-order valence-electron chi connectivity index (χ3n) is 4.50. The Bertz CT molecular complexity index is 1210. The van der Waals surface area contributed by atoms with Gasteiger partial charge in [0.15, 0.2) is 11.5 Å². The summed E-state index contributed by atoms with van der Waals surface area (Å²) < 4.78 is 15.9. The summed E-state index contributed by atoms with van der Waals surface area (Å²) >= 11 is 1.60. The van der Waals surface area contributed by atoms with Crippen molar-refractivity contribution >= 4 is 34.0 Å². The van der Waals surface area contributed by atoms with Gasteiger partial charge >= 0.3 is 0 Å². The van der Waals surface area contributed by atoms with E-state index in [2.05, 4.69) is 15.5 Å². The molecule has 29 heavy (non-hydrogen) atoms. The van der Waals surface area contributed by atoms with Crippen molar-refractivity contribution in [3.63, 3.8) is 0 Å². The van der Waals surface area contributed by atoms with E-state index in [-0.39, 0.29) is 5.91 Å². The maximum atomic E-state index is 13.1. The van der Waals surface area contributed by atoms with Crippen LogP contribution < -0.4 is 14.8 Å². The zero-order chi connectivity index (χ0) is 20.5. The Morgan fingerprint density at radius 3 is 2.55 bits per heavy atom. The minimum Gasteiger partial charge on any atom is -0.493 e. The Balaban J connectivity index is 1.76. The number of fused-ring (bicyclic) bond motifs is 1. The minimum atomic E-state index is -0.287. The van der Waals surface area contributed by atoms with Crippen LogP contribution in [-0.4, -0.2) is 30.3 Å². The highest BCUT2D eigenvalue weighted by atomic mass is 32.1. The molecule has 0 radical (unpaired) electrons. The smallest absolute Gasteiger partial charge is 0.259 e. The predicted octanol–water partition coefficient (Wildman–Crippen LogP) is 4.84. The molecule has 0 aliphatic carbocycles. The highest BCUT2D eigenvalue weighted by molar-refractivity contribution is 7.15. The second-order valence-electron chi connectivity index (χ2n) is 6.44. The number of pyridine rings is 1. The Kier molecular flexibility index (Phi) is 4.94. The van der Waals surface area contributed by atoms with E-state index >= 15 is 0 Å². The van der Waals surface area contributed by atoms with Crippen molar-refractivity contribution in [1.29, 1.82) is 0 Å². The first-order valence-corrected chi connectivity index (χ1v) is 9.69. The van der Waals surface area contributed by atoms with E-state index in [1.165, 1.54) is 0 Å². The zero-order valence-corrected chi connectivity index (χ0v) is 17.2. The van der Waals surface area contributed by atoms with Crippen molar-refractivity contribution in [3.8, 4) is 22.1 Å². The van der Waals surface area contributed by atoms with E-state index in [9.17, 15) is 4.79 Å². The summed E-state index contributed by atoms with van der Waals surface area (Å²) in [5, 5.41) is 7.49. The first-order valence-electron chi connectivity index (χ1n) is 8.87. The zero-order valence-electron chi connectivity index (χ0n) is 16.4. The molecule has 4 aromatic rings. The van der Waals surface area contributed by atoms with Gasteiger partial charge in [0.1, 0.15) is 0 Å². The van der Waals surface area contributed by atoms with E-state index < -0.39 is 0 Å². The molecule has 0 aliphatic rings. The van der Waals surface area contributed by atoms with Crippen LogP contribution >= 0.6 is 11.3 Å². The van der Waals surface area contributed by atoms with Crippen LogP contribution in [0.3, 0.4) is 0 Å². The number of nitrogens with one attached hydrogen (secondary N) is 1. The molecule has 1 aromatic carbocycles. The number of ether oxygens (including phenoxy) is 2. The van der Waals surface area contributed by atoms with Gasteiger partial charge in [-0.2, -0.15) is 0 Å². The number of rotatable bonds is 5. The lowest BCUT2D eigenvalue weighted by Gasteiger charge is -2.11. The number of benzene rings is 1. The fourth-order valence-electron chi connectivity index (χ4n) is 3.08. The van der Waals surface area contributed by atoms with Gasteiger partial charge in [0.2, 0.25) is 0 Å². The molecule has 0 unspecified atom stereocenters. The second kappa shape index (κ2) is 7.56. The standard InChI is InChI=1S/C21H19N3O4S/c1-11-5-8-18(29-11)15-10-14(19-12(2)24-28-21(19)23-15)20(25)22-13-6-7-16(26-3)17(9-13)27-4/h5-10H,1-4H3,(H,22,25). The Morgan fingerprint density at radius 1 is 1.07 bits per heavy atom. The summed E-state index contributed by atoms with van der Waals surface area (Å²) in [5.74, 6) is 0.827. The molecule has 0 spiro atoms. The first-order chi connectivity index (χ1) is 14.0. The normalized spacial score (nSPS) is 10.9. The van der Waals surface area contributed by atoms with E-state index in [0.29, 0.717) is 45.2 Å². The number of aryl methyl sites for hydroxylation is 2. The number of hydrogen-bond acceptors (Lipinski definition) is 7. The number of aromatic nitrogens is 2. The van der Waals surface area contributed by atoms with Gasteiger partial charge in [0, 0.05) is 16.6 Å². The molecule has 1 amide bonds. The molecule has 8 heteroatoms. The van der Waals surface area contributed by atoms with Crippen molar-refractivity contribution in [1.82, 2.24) is 10.1 Å². The van der Waals surface area contributed by atoms with Crippen LogP contribution in [0.25, 0.3) is 21.7 Å². The molecule has 0 fully saturated rings. The van der Waals surface area contributed by atoms with Gasteiger partial charge in [-0.15, -0.1) is 11.3 Å². The lowest BCUT2D eigenvalue weighted by molar-refractivity contribution is 0.102. The van der Waals surface area contributed by atoms with E-state index in [1.54, 1.807) is 56.7 Å². The molecule has 0 aliphatic heterocycles. The molecule has 4 rings (SSSR count). The van der Waals surface area contributed by atoms with Crippen LogP contribution in [0.5, 0.6) is 11.5 Å². The van der Waals surface area contributed by atoms with Crippen LogP contribution in [-0.2, 0) is 0 Å². The highest BCUT2D eigenvalue weighted by Gasteiger charge is 2.20. The molecule has 148 valence electrons. The topological polar surface area (TPSA) is 86.5 Å². The van der Waals surface area contributed by atoms with Crippen LogP contribution in [0, 0.1) is 13.8 Å². The van der Waals surface area contributed by atoms with Gasteiger partial charge in [-0.05, 0) is 44.2 Å². The Hall–Kier alpha value is -3.39. The average molecular weight is 409 g/mol. The highest BCUT2D eigenvalue weighted by Crippen LogP contribution is 2.33. The van der Waals surface area contributed by atoms with Crippen molar-refractivity contribution in [2.45, 2.75) is 13.8 Å². The molecule has 0 saturated heterocycles. The molecule has 3 aromatic heterocycles. The van der Waals surface area contributed by atoms with Crippen molar-refractivity contribution in [2.75, 3.05) is 19.5 Å². The van der Waals surface area contributed by atoms with Gasteiger partial charge in [0.25, 0.3) is 11.6 Å². The minimum absolute atomic E-state index is 0.287. The van der Waals surface area contributed by atoms with Crippen LogP contribution in [0.1, 0.15) is 20.9 Å². The summed E-state index contributed by atoms with van der Waals surface area (Å²) in [6.07, 6.45) is 0. The summed E-state index contributed by atoms with van der Waals surface area (Å²) in [5.41, 5.74) is 2.65. The summed E-state index contributed by atoms with van der Waals surface area (Å²) in [7, 11) is 3.11. The van der Waals surface area contributed by atoms with Gasteiger partial charge in [-0.3, -0.25) is 4.79 Å². The predicted molar refractivity (Wildman–Crippen MR) is 112 cm³/mol. The summed E-state index contributed by atoms with van der Waals surface area (Å²) in [4.78, 5) is 19.8. The molecule has 7 nitrogen and oxygen atoms in total. The Morgan fingerprint density at radius 2 is 1.86 bits per heavy atom. The number of carbonyl (C=O) groups excluding carboxylic acids is 1. The second-order valence-corrected chi connectivity index (χ2v) is 7.73. The first kappa shape index (κ1) is 18.9. The molecular formula is C21H19N3O4S. The van der Waals surface area contributed by atoms with Gasteiger partial charge in [-0.1, -0.05) is 5.16 Å². The molecule has 0 atom stereocenters. The maximum Gasteiger partial charge on any atom is 0.259 e. The number of nitrogens with zero attached hydrogens (tertiary/aromatic N) is 2. The molecule has 0 saturated carbocycles. The quantitative estimate of drug-likeness (QED) is 0.508. The molecule has 0 bridgehead atoms. The maximum absolute atomic E-state index is 13.1. The third-order valence-corrected chi connectivity index (χ3v) is 5.52. The molecule has 3 heterocycles. The monoisotopic (exact) mass is 409 g/mol. The SMILES string of the molecule is COc1ccc(NC(=O)c2cc(-c3ccc(C)s3)nc3onc(C)c23)cc1OC. The van der Waals surface area contributed by atoms with Crippen LogP contribution in [0.15, 0.2) is 40.9 Å². The Labute approximate surface area is 171 Å². The van der Waals surface area contributed by atoms with Gasteiger partial charge in [-0.25, -0.2) is 4.98 Å². The summed E-state index contributed by atoms with van der Waals surface area (Å²) in [6, 6.07) is 11.0. The van der Waals surface area contributed by atoms with Crippen LogP contribution in [0.4, 0.5) is 5.69 Å². The van der Waals surface area contributed by atoms with Crippen molar-refractivity contribution in [2.24, 2.45) is 0 Å². The molecule has 1 N–H and O–H groups in total. The number of hydrogen-bond donors (Lipinski definition) is 1. The molecular weight excluding hydrogens is 390 g/mol. The van der Waals surface area contributed by atoms with Crippen molar-refractivity contribution in [3.05, 3.63) is 52.5 Å². The van der Waals surface area contributed by atoms with Gasteiger partial charge < -0.3 is 19.3 Å². The van der Waals surface area contributed by atoms with Crippen LogP contribution in [0.2, 0.25) is 0 Å². The number of anilines is 1. The van der Waals surface area contributed by atoms with E-state index in [0.717, 1.165) is 9.75 Å².